The second-order valence-electron chi connectivity index (χ2n) is 8.04. The minimum atomic E-state index is -4.92. The normalized spacial score (nSPS) is 13.1. The average Bonchev–Trinajstić information content (AvgIpc) is 2.72. The predicted octanol–water partition coefficient (Wildman–Crippen LogP) is 7.40. The number of hydrogen-bond donors (Lipinski definition) is 0. The van der Waals surface area contributed by atoms with E-state index in [9.17, 15) is 31.1 Å². The Bertz CT molecular complexity index is 1100. The molecule has 2 aromatic carbocycles. The van der Waals surface area contributed by atoms with E-state index < -0.39 is 29.4 Å². The molecule has 0 aliphatic rings. The van der Waals surface area contributed by atoms with Crippen molar-refractivity contribution >= 4 is 5.78 Å². The molecule has 1 atom stereocenters. The van der Waals surface area contributed by atoms with Gasteiger partial charge >= 0.3 is 12.4 Å². The summed E-state index contributed by atoms with van der Waals surface area (Å²) in [5.41, 5.74) is 0.550. The van der Waals surface area contributed by atoms with Gasteiger partial charge in [0.05, 0.1) is 11.1 Å². The van der Waals surface area contributed by atoms with Crippen LogP contribution in [-0.2, 0) is 23.6 Å². The van der Waals surface area contributed by atoms with Crippen molar-refractivity contribution in [3.63, 3.8) is 0 Å². The molecular formula is C25H21F6NO. The molecule has 0 spiro atoms. The molecule has 0 radical (unpaired) electrons. The monoisotopic (exact) mass is 465 g/mol. The maximum atomic E-state index is 13.1. The number of ketones is 1. The molecule has 8 heteroatoms. The first kappa shape index (κ1) is 24.5. The van der Waals surface area contributed by atoms with Crippen LogP contribution in [0.3, 0.4) is 0 Å². The molecule has 0 aliphatic carbocycles. The van der Waals surface area contributed by atoms with Crippen molar-refractivity contribution in [3.05, 3.63) is 88.7 Å². The Morgan fingerprint density at radius 1 is 0.848 bits per heavy atom. The summed E-state index contributed by atoms with van der Waals surface area (Å²) >= 11 is 0. The highest BCUT2D eigenvalue weighted by Crippen LogP contribution is 2.38. The Kier molecular flexibility index (Phi) is 6.95. The van der Waals surface area contributed by atoms with Gasteiger partial charge in [-0.15, -0.1) is 0 Å². The minimum absolute atomic E-state index is 0.0328. The first-order chi connectivity index (χ1) is 15.3. The lowest BCUT2D eigenvalue weighted by Gasteiger charge is -2.17. The highest BCUT2D eigenvalue weighted by molar-refractivity contribution is 5.82. The van der Waals surface area contributed by atoms with Crippen LogP contribution in [-0.4, -0.2) is 10.8 Å². The summed E-state index contributed by atoms with van der Waals surface area (Å²) in [7, 11) is 0. The molecule has 0 aliphatic heterocycles. The molecule has 33 heavy (non-hydrogen) atoms. The number of aryl methyl sites for hydroxylation is 1. The predicted molar refractivity (Wildman–Crippen MR) is 113 cm³/mol. The number of rotatable bonds is 6. The Balaban J connectivity index is 1.73. The molecule has 3 aromatic rings. The van der Waals surface area contributed by atoms with E-state index in [4.69, 9.17) is 0 Å². The van der Waals surface area contributed by atoms with Crippen LogP contribution < -0.4 is 0 Å². The van der Waals surface area contributed by atoms with Gasteiger partial charge in [-0.25, -0.2) is 0 Å². The van der Waals surface area contributed by atoms with E-state index in [1.54, 1.807) is 18.3 Å². The van der Waals surface area contributed by atoms with Crippen LogP contribution in [0.1, 0.15) is 47.2 Å². The van der Waals surface area contributed by atoms with E-state index >= 15 is 0 Å². The van der Waals surface area contributed by atoms with Gasteiger partial charge in [0.25, 0.3) is 0 Å². The summed E-state index contributed by atoms with van der Waals surface area (Å²) in [6.07, 6.45) is -8.29. The third-order valence-corrected chi connectivity index (χ3v) is 5.30. The minimum Gasteiger partial charge on any atom is -0.299 e. The third kappa shape index (κ3) is 6.43. The van der Waals surface area contributed by atoms with E-state index in [1.807, 2.05) is 31.2 Å². The fraction of sp³-hybridized carbons (Fsp3) is 0.280. The molecule has 3 rings (SSSR count). The number of benzene rings is 2. The van der Waals surface area contributed by atoms with Crippen molar-refractivity contribution in [1.82, 2.24) is 4.98 Å². The Labute approximate surface area is 187 Å². The van der Waals surface area contributed by atoms with Gasteiger partial charge in [0.15, 0.2) is 0 Å². The van der Waals surface area contributed by atoms with Crippen molar-refractivity contribution in [1.29, 1.82) is 0 Å². The van der Waals surface area contributed by atoms with Gasteiger partial charge in [-0.2, -0.15) is 26.3 Å². The summed E-state index contributed by atoms with van der Waals surface area (Å²) in [6, 6.07) is 12.5. The van der Waals surface area contributed by atoms with E-state index in [1.165, 1.54) is 6.92 Å². The van der Waals surface area contributed by atoms with E-state index in [0.29, 0.717) is 17.7 Å². The lowest BCUT2D eigenvalue weighted by molar-refractivity contribution is -0.143. The van der Waals surface area contributed by atoms with Crippen LogP contribution in [0, 0.1) is 6.92 Å². The van der Waals surface area contributed by atoms with Gasteiger partial charge in [0, 0.05) is 24.7 Å². The molecule has 0 N–H and O–H groups in total. The average molecular weight is 465 g/mol. The zero-order valence-corrected chi connectivity index (χ0v) is 17.9. The number of halogens is 6. The Hall–Kier alpha value is -3.16. The molecule has 174 valence electrons. The van der Waals surface area contributed by atoms with Gasteiger partial charge in [-0.05, 0) is 65.4 Å². The number of hydrogen-bond acceptors (Lipinski definition) is 2. The van der Waals surface area contributed by atoms with E-state index in [0.717, 1.165) is 16.8 Å². The van der Waals surface area contributed by atoms with Gasteiger partial charge in [0.1, 0.15) is 5.78 Å². The van der Waals surface area contributed by atoms with Gasteiger partial charge < -0.3 is 0 Å². The standard InChI is InChI=1S/C25H21F6NO/c1-15(20-12-21(24(26,27)28)14-22(13-20)25(29,30)31)9-23(33)11-17-3-5-18(6-4-17)19-7-8-32-16(2)10-19/h3-8,10,12-15H,9,11H2,1-2H3. The molecular weight excluding hydrogens is 444 g/mol. The first-order valence-corrected chi connectivity index (χ1v) is 10.2. The first-order valence-electron chi connectivity index (χ1n) is 10.2. The van der Waals surface area contributed by atoms with Crippen molar-refractivity contribution in [2.75, 3.05) is 0 Å². The number of alkyl halides is 6. The number of aromatic nitrogens is 1. The lowest BCUT2D eigenvalue weighted by atomic mass is 9.90. The second kappa shape index (κ2) is 9.37. The fourth-order valence-electron chi connectivity index (χ4n) is 3.56. The van der Waals surface area contributed by atoms with Gasteiger partial charge in [0.2, 0.25) is 0 Å². The molecule has 0 amide bonds. The van der Waals surface area contributed by atoms with Crippen LogP contribution >= 0.6 is 0 Å². The van der Waals surface area contributed by atoms with E-state index in [2.05, 4.69) is 4.98 Å². The zero-order chi connectivity index (χ0) is 24.4. The highest BCUT2D eigenvalue weighted by atomic mass is 19.4. The van der Waals surface area contributed by atoms with Crippen LogP contribution in [0.15, 0.2) is 60.8 Å². The van der Waals surface area contributed by atoms with Gasteiger partial charge in [-0.1, -0.05) is 31.2 Å². The van der Waals surface area contributed by atoms with Crippen LogP contribution in [0.5, 0.6) is 0 Å². The van der Waals surface area contributed by atoms with Crippen LogP contribution in [0.25, 0.3) is 11.1 Å². The number of carbonyl (C=O) groups is 1. The molecule has 1 aromatic heterocycles. The maximum Gasteiger partial charge on any atom is 0.416 e. The van der Waals surface area contributed by atoms with Crippen LogP contribution in [0.2, 0.25) is 0 Å². The number of nitrogens with zero attached hydrogens (tertiary/aromatic N) is 1. The SMILES string of the molecule is Cc1cc(-c2ccc(CC(=O)CC(C)c3cc(C(F)(F)F)cc(C(F)(F)F)c3)cc2)ccn1. The van der Waals surface area contributed by atoms with Gasteiger partial charge in [-0.3, -0.25) is 9.78 Å². The van der Waals surface area contributed by atoms with Crippen molar-refractivity contribution in [3.8, 4) is 11.1 Å². The topological polar surface area (TPSA) is 30.0 Å². The Morgan fingerprint density at radius 3 is 1.94 bits per heavy atom. The Morgan fingerprint density at radius 2 is 1.42 bits per heavy atom. The maximum absolute atomic E-state index is 13.1. The largest absolute Gasteiger partial charge is 0.416 e. The zero-order valence-electron chi connectivity index (χ0n) is 17.9. The fourth-order valence-corrected chi connectivity index (χ4v) is 3.56. The molecule has 0 fully saturated rings. The number of Topliss-reactive ketones (excluding diaryl/α,β-unsaturated/α-hetero) is 1. The summed E-state index contributed by atoms with van der Waals surface area (Å²) in [5, 5.41) is 0. The van der Waals surface area contributed by atoms with Crippen molar-refractivity contribution in [2.24, 2.45) is 0 Å². The van der Waals surface area contributed by atoms with Crippen LogP contribution in [0.4, 0.5) is 26.3 Å². The molecule has 1 heterocycles. The lowest BCUT2D eigenvalue weighted by Crippen LogP contribution is -2.14. The third-order valence-electron chi connectivity index (χ3n) is 5.30. The van der Waals surface area contributed by atoms with E-state index in [-0.39, 0.29) is 30.3 Å². The summed E-state index contributed by atoms with van der Waals surface area (Å²) in [6.45, 7) is 3.32. The summed E-state index contributed by atoms with van der Waals surface area (Å²) < 4.78 is 78.5. The molecule has 0 bridgehead atoms. The molecule has 2 nitrogen and oxygen atoms in total. The van der Waals surface area contributed by atoms with Crippen molar-refractivity contribution in [2.45, 2.75) is 45.0 Å². The summed E-state index contributed by atoms with van der Waals surface area (Å²) in [4.78, 5) is 16.6. The molecule has 0 saturated carbocycles. The molecule has 1 unspecified atom stereocenters. The number of pyridine rings is 1. The quantitative estimate of drug-likeness (QED) is 0.355. The summed E-state index contributed by atoms with van der Waals surface area (Å²) in [5.74, 6) is -1.08. The van der Waals surface area contributed by atoms with Crippen molar-refractivity contribution < 1.29 is 31.1 Å². The smallest absolute Gasteiger partial charge is 0.299 e. The molecule has 0 saturated heterocycles. The number of carbonyl (C=O) groups excluding carboxylic acids is 1. The second-order valence-corrected chi connectivity index (χ2v) is 8.04. The highest BCUT2D eigenvalue weighted by Gasteiger charge is 2.37.